The van der Waals surface area contributed by atoms with E-state index in [2.05, 4.69) is 4.98 Å². The summed E-state index contributed by atoms with van der Waals surface area (Å²) >= 11 is 6.02. The fourth-order valence-corrected chi connectivity index (χ4v) is 1.52. The highest BCUT2D eigenvalue weighted by Crippen LogP contribution is 2.25. The molecule has 0 atom stereocenters. The second kappa shape index (κ2) is 5.54. The van der Waals surface area contributed by atoms with Crippen LogP contribution in [0.5, 0.6) is 0 Å². The molecule has 0 aromatic carbocycles. The third kappa shape index (κ3) is 2.82. The van der Waals surface area contributed by atoms with E-state index < -0.39 is 0 Å². The quantitative estimate of drug-likeness (QED) is 0.840. The van der Waals surface area contributed by atoms with Crippen LogP contribution in [0.4, 0.5) is 5.82 Å². The van der Waals surface area contributed by atoms with Gasteiger partial charge in [0.2, 0.25) is 0 Å². The van der Waals surface area contributed by atoms with Crippen LogP contribution in [0, 0.1) is 11.3 Å². The topological polar surface area (TPSA) is 65.9 Å². The zero-order valence-electron chi connectivity index (χ0n) is 8.57. The zero-order valence-corrected chi connectivity index (χ0v) is 9.33. The molecule has 0 amide bonds. The third-order valence-electron chi connectivity index (χ3n) is 2.05. The number of anilines is 1. The molecule has 4 nitrogen and oxygen atoms in total. The lowest BCUT2D eigenvalue weighted by molar-refractivity contribution is 0.787. The van der Waals surface area contributed by atoms with Gasteiger partial charge in [0, 0.05) is 19.8 Å². The van der Waals surface area contributed by atoms with Crippen LogP contribution in [0.15, 0.2) is 12.3 Å². The summed E-state index contributed by atoms with van der Waals surface area (Å²) in [6, 6.07) is 3.62. The van der Waals surface area contributed by atoms with Crippen LogP contribution >= 0.6 is 11.6 Å². The first-order chi connectivity index (χ1) is 7.20. The molecule has 1 rings (SSSR count). The molecule has 0 saturated heterocycles. The molecule has 0 bridgehead atoms. The number of halogens is 1. The minimum atomic E-state index is 0.402. The highest BCUT2D eigenvalue weighted by molar-refractivity contribution is 6.34. The fourth-order valence-electron chi connectivity index (χ4n) is 1.22. The number of aromatic nitrogens is 1. The monoisotopic (exact) mass is 224 g/mol. The molecule has 1 aromatic heterocycles. The fraction of sp³-hybridized carbons (Fsp3) is 0.400. The molecule has 2 N–H and O–H groups in total. The summed E-state index contributed by atoms with van der Waals surface area (Å²) < 4.78 is 0. The molecule has 80 valence electrons. The molecule has 0 unspecified atom stereocenters. The van der Waals surface area contributed by atoms with E-state index in [-0.39, 0.29) is 0 Å². The van der Waals surface area contributed by atoms with E-state index >= 15 is 0 Å². The molecule has 0 saturated carbocycles. The van der Waals surface area contributed by atoms with Crippen molar-refractivity contribution in [2.24, 2.45) is 5.73 Å². The molecule has 5 heteroatoms. The van der Waals surface area contributed by atoms with Crippen molar-refractivity contribution >= 4 is 17.4 Å². The first kappa shape index (κ1) is 11.8. The van der Waals surface area contributed by atoms with Gasteiger partial charge in [0.25, 0.3) is 0 Å². The summed E-state index contributed by atoms with van der Waals surface area (Å²) in [4.78, 5) is 6.04. The van der Waals surface area contributed by atoms with Crippen molar-refractivity contribution in [3.8, 4) is 6.07 Å². The van der Waals surface area contributed by atoms with Gasteiger partial charge in [0.15, 0.2) is 0 Å². The Kier molecular flexibility index (Phi) is 4.35. The predicted octanol–water partition coefficient (Wildman–Crippen LogP) is 1.39. The highest BCUT2D eigenvalue weighted by atomic mass is 35.5. The van der Waals surface area contributed by atoms with Crippen LogP contribution in [0.2, 0.25) is 5.02 Å². The van der Waals surface area contributed by atoms with Crippen molar-refractivity contribution in [3.05, 3.63) is 22.8 Å². The molecule has 0 fully saturated rings. The SMILES string of the molecule is CN(CCCN)c1nccc(C#N)c1Cl. The normalized spacial score (nSPS) is 9.73. The van der Waals surface area contributed by atoms with Gasteiger partial charge < -0.3 is 10.6 Å². The smallest absolute Gasteiger partial charge is 0.148 e. The Bertz CT molecular complexity index is 372. The molecular weight excluding hydrogens is 212 g/mol. The van der Waals surface area contributed by atoms with E-state index in [9.17, 15) is 0 Å². The highest BCUT2D eigenvalue weighted by Gasteiger charge is 2.10. The number of nitrogens with zero attached hydrogens (tertiary/aromatic N) is 3. The Morgan fingerprint density at radius 1 is 1.67 bits per heavy atom. The average Bonchev–Trinajstić information content (AvgIpc) is 2.26. The number of hydrogen-bond acceptors (Lipinski definition) is 4. The van der Waals surface area contributed by atoms with E-state index in [4.69, 9.17) is 22.6 Å². The second-order valence-corrected chi connectivity index (χ2v) is 3.55. The lowest BCUT2D eigenvalue weighted by atomic mass is 10.2. The van der Waals surface area contributed by atoms with Crippen LogP contribution in [-0.2, 0) is 0 Å². The summed E-state index contributed by atoms with van der Waals surface area (Å²) in [6.45, 7) is 1.40. The number of hydrogen-bond donors (Lipinski definition) is 1. The minimum absolute atomic E-state index is 0.402. The second-order valence-electron chi connectivity index (χ2n) is 3.17. The summed E-state index contributed by atoms with van der Waals surface area (Å²) in [5, 5.41) is 9.20. The van der Waals surface area contributed by atoms with E-state index in [0.29, 0.717) is 22.9 Å². The van der Waals surface area contributed by atoms with E-state index in [1.165, 1.54) is 0 Å². The lowest BCUT2D eigenvalue weighted by Gasteiger charge is -2.18. The van der Waals surface area contributed by atoms with E-state index in [1.807, 2.05) is 18.0 Å². The van der Waals surface area contributed by atoms with Gasteiger partial charge in [0.1, 0.15) is 16.9 Å². The summed E-state index contributed by atoms with van der Waals surface area (Å²) in [6.07, 6.45) is 2.45. The van der Waals surface area contributed by atoms with E-state index in [0.717, 1.165) is 13.0 Å². The Morgan fingerprint density at radius 2 is 2.40 bits per heavy atom. The van der Waals surface area contributed by atoms with Crippen molar-refractivity contribution in [1.29, 1.82) is 5.26 Å². The number of nitrogens with two attached hydrogens (primary N) is 1. The van der Waals surface area contributed by atoms with Gasteiger partial charge in [-0.2, -0.15) is 5.26 Å². The van der Waals surface area contributed by atoms with Crippen molar-refractivity contribution in [3.63, 3.8) is 0 Å². The number of rotatable bonds is 4. The first-order valence-corrected chi connectivity index (χ1v) is 5.04. The minimum Gasteiger partial charge on any atom is -0.358 e. The molecule has 1 heterocycles. The molecule has 15 heavy (non-hydrogen) atoms. The van der Waals surface area contributed by atoms with Gasteiger partial charge in [-0.05, 0) is 19.0 Å². The van der Waals surface area contributed by atoms with Crippen LogP contribution in [0.3, 0.4) is 0 Å². The van der Waals surface area contributed by atoms with Crippen molar-refractivity contribution in [2.75, 3.05) is 25.0 Å². The van der Waals surface area contributed by atoms with Gasteiger partial charge in [-0.15, -0.1) is 0 Å². The van der Waals surface area contributed by atoms with Crippen molar-refractivity contribution < 1.29 is 0 Å². The molecule has 0 radical (unpaired) electrons. The van der Waals surface area contributed by atoms with E-state index in [1.54, 1.807) is 12.3 Å². The largest absolute Gasteiger partial charge is 0.358 e. The Hall–Kier alpha value is -1.31. The summed E-state index contributed by atoms with van der Waals surface area (Å²) in [5.74, 6) is 0.629. The zero-order chi connectivity index (χ0) is 11.3. The first-order valence-electron chi connectivity index (χ1n) is 4.66. The summed E-state index contributed by atoms with van der Waals surface area (Å²) in [7, 11) is 1.88. The maximum absolute atomic E-state index is 8.80. The molecule has 1 aromatic rings. The third-order valence-corrected chi connectivity index (χ3v) is 2.42. The molecule has 0 aliphatic heterocycles. The van der Waals surface area contributed by atoms with Gasteiger partial charge >= 0.3 is 0 Å². The van der Waals surface area contributed by atoms with Crippen LogP contribution in [0.25, 0.3) is 0 Å². The van der Waals surface area contributed by atoms with Crippen molar-refractivity contribution in [1.82, 2.24) is 4.98 Å². The maximum atomic E-state index is 8.80. The predicted molar refractivity (Wildman–Crippen MR) is 60.9 cm³/mol. The Morgan fingerprint density at radius 3 is 3.00 bits per heavy atom. The average molecular weight is 225 g/mol. The van der Waals surface area contributed by atoms with Gasteiger partial charge in [-0.1, -0.05) is 11.6 Å². The summed E-state index contributed by atoms with van der Waals surface area (Å²) in [5.41, 5.74) is 5.86. The van der Waals surface area contributed by atoms with Crippen LogP contribution in [-0.4, -0.2) is 25.1 Å². The Balaban J connectivity index is 2.90. The van der Waals surface area contributed by atoms with Crippen LogP contribution in [0.1, 0.15) is 12.0 Å². The number of pyridine rings is 1. The molecule has 0 spiro atoms. The van der Waals surface area contributed by atoms with Gasteiger partial charge in [-0.25, -0.2) is 4.98 Å². The molecular formula is C10H13ClN4. The van der Waals surface area contributed by atoms with Gasteiger partial charge in [0.05, 0.1) is 5.56 Å². The van der Waals surface area contributed by atoms with Crippen molar-refractivity contribution in [2.45, 2.75) is 6.42 Å². The Labute approximate surface area is 94.3 Å². The number of nitriles is 1. The lowest BCUT2D eigenvalue weighted by Crippen LogP contribution is -2.22. The standard InChI is InChI=1S/C10H13ClN4/c1-15(6-2-4-12)10-9(11)8(7-13)3-5-14-10/h3,5H,2,4,6,12H2,1H3. The maximum Gasteiger partial charge on any atom is 0.148 e. The molecule has 0 aliphatic rings. The van der Waals surface area contributed by atoms with Crippen LogP contribution < -0.4 is 10.6 Å². The van der Waals surface area contributed by atoms with Gasteiger partial charge in [-0.3, -0.25) is 0 Å². The molecule has 0 aliphatic carbocycles.